The summed E-state index contributed by atoms with van der Waals surface area (Å²) in [7, 11) is 1.61. The molecular weight excluding hydrogens is 372 g/mol. The van der Waals surface area contributed by atoms with E-state index in [1.807, 2.05) is 28.9 Å². The molecule has 29 heavy (non-hydrogen) atoms. The number of aromatic nitrogens is 5. The zero-order valence-corrected chi connectivity index (χ0v) is 16.4. The lowest BCUT2D eigenvalue weighted by molar-refractivity contribution is -0.116. The van der Waals surface area contributed by atoms with E-state index in [1.54, 1.807) is 13.4 Å². The van der Waals surface area contributed by atoms with Gasteiger partial charge in [0.1, 0.15) is 12.1 Å². The predicted molar refractivity (Wildman–Crippen MR) is 105 cm³/mol. The number of nitrogens with one attached hydrogen (secondary N) is 1. The second-order valence-corrected chi connectivity index (χ2v) is 7.13. The van der Waals surface area contributed by atoms with Gasteiger partial charge in [0, 0.05) is 18.4 Å². The number of rotatable bonds is 7. The molecule has 1 aromatic carbocycles. The largest absolute Gasteiger partial charge is 0.497 e. The highest BCUT2D eigenvalue weighted by molar-refractivity contribution is 5.88. The number of carbonyl (C=O) groups excluding carboxylic acids is 1. The highest BCUT2D eigenvalue weighted by atomic mass is 16.5. The van der Waals surface area contributed by atoms with Crippen molar-refractivity contribution in [3.8, 4) is 17.1 Å². The first kappa shape index (κ1) is 19.1. The smallest absolute Gasteiger partial charge is 0.248 e. The molecular formula is C20H24N6O3. The van der Waals surface area contributed by atoms with Crippen LogP contribution in [0.4, 0.5) is 5.95 Å². The molecule has 1 saturated carbocycles. The van der Waals surface area contributed by atoms with E-state index in [0.29, 0.717) is 30.1 Å². The van der Waals surface area contributed by atoms with E-state index in [-0.39, 0.29) is 12.3 Å². The van der Waals surface area contributed by atoms with Gasteiger partial charge >= 0.3 is 0 Å². The Balaban J connectivity index is 1.28. The summed E-state index contributed by atoms with van der Waals surface area (Å²) in [6.07, 6.45) is 8.20. The lowest BCUT2D eigenvalue weighted by Gasteiger charge is -2.21. The van der Waals surface area contributed by atoms with Crippen LogP contribution in [0.25, 0.3) is 11.4 Å². The van der Waals surface area contributed by atoms with E-state index in [4.69, 9.17) is 9.26 Å². The molecule has 1 N–H and O–H groups in total. The zero-order valence-electron chi connectivity index (χ0n) is 16.4. The predicted octanol–water partition coefficient (Wildman–Crippen LogP) is 3.41. The van der Waals surface area contributed by atoms with Crippen LogP contribution in [-0.4, -0.2) is 37.9 Å². The normalized spacial score (nSPS) is 14.7. The van der Waals surface area contributed by atoms with Crippen LogP contribution in [0.1, 0.15) is 50.5 Å². The Morgan fingerprint density at radius 3 is 2.79 bits per heavy atom. The minimum Gasteiger partial charge on any atom is -0.497 e. The molecule has 0 bridgehead atoms. The Bertz CT molecular complexity index is 943. The first-order valence-corrected chi connectivity index (χ1v) is 9.89. The number of carbonyl (C=O) groups is 1. The zero-order chi connectivity index (χ0) is 20.1. The Hall–Kier alpha value is -3.23. The van der Waals surface area contributed by atoms with Crippen LogP contribution in [0, 0.1) is 0 Å². The van der Waals surface area contributed by atoms with Crippen LogP contribution in [0.3, 0.4) is 0 Å². The van der Waals surface area contributed by atoms with Crippen molar-refractivity contribution in [3.05, 3.63) is 36.5 Å². The molecule has 9 nitrogen and oxygen atoms in total. The molecule has 152 valence electrons. The van der Waals surface area contributed by atoms with Crippen LogP contribution in [-0.2, 0) is 11.2 Å². The number of ether oxygens (including phenoxy) is 1. The van der Waals surface area contributed by atoms with Crippen molar-refractivity contribution < 1.29 is 14.1 Å². The highest BCUT2D eigenvalue weighted by Gasteiger charge is 2.17. The fourth-order valence-corrected chi connectivity index (χ4v) is 3.48. The molecule has 4 rings (SSSR count). The minimum atomic E-state index is -0.185. The van der Waals surface area contributed by atoms with E-state index in [9.17, 15) is 4.79 Å². The third-order valence-corrected chi connectivity index (χ3v) is 5.09. The van der Waals surface area contributed by atoms with Crippen molar-refractivity contribution in [3.63, 3.8) is 0 Å². The van der Waals surface area contributed by atoms with Crippen LogP contribution < -0.4 is 10.1 Å². The summed E-state index contributed by atoms with van der Waals surface area (Å²) in [6, 6.07) is 7.76. The second-order valence-electron chi connectivity index (χ2n) is 7.13. The van der Waals surface area contributed by atoms with Gasteiger partial charge < -0.3 is 9.26 Å². The summed E-state index contributed by atoms with van der Waals surface area (Å²) in [4.78, 5) is 20.8. The van der Waals surface area contributed by atoms with Crippen molar-refractivity contribution in [2.24, 2.45) is 0 Å². The summed E-state index contributed by atoms with van der Waals surface area (Å²) in [5.41, 5.74) is 0.822. The quantitative estimate of drug-likeness (QED) is 0.652. The molecule has 0 saturated heterocycles. The van der Waals surface area contributed by atoms with Gasteiger partial charge in [-0.3, -0.25) is 10.1 Å². The van der Waals surface area contributed by atoms with E-state index < -0.39 is 0 Å². The maximum atomic E-state index is 12.2. The number of amides is 1. The van der Waals surface area contributed by atoms with Gasteiger partial charge in [0.15, 0.2) is 0 Å². The molecule has 0 spiro atoms. The number of hydrogen-bond donors (Lipinski definition) is 1. The Morgan fingerprint density at radius 1 is 1.24 bits per heavy atom. The number of nitrogens with zero attached hydrogens (tertiary/aromatic N) is 5. The molecule has 0 atom stereocenters. The lowest BCUT2D eigenvalue weighted by atomic mass is 9.96. The van der Waals surface area contributed by atoms with Crippen LogP contribution in [0.15, 0.2) is 35.1 Å². The third kappa shape index (κ3) is 4.79. The molecule has 1 aliphatic rings. The fourth-order valence-electron chi connectivity index (χ4n) is 3.48. The molecule has 1 aliphatic carbocycles. The molecule has 0 radical (unpaired) electrons. The fraction of sp³-hybridized carbons (Fsp3) is 0.450. The van der Waals surface area contributed by atoms with Gasteiger partial charge in [-0.15, -0.1) is 5.10 Å². The van der Waals surface area contributed by atoms with Gasteiger partial charge in [-0.25, -0.2) is 9.67 Å². The van der Waals surface area contributed by atoms with Gasteiger partial charge in [0.25, 0.3) is 0 Å². The summed E-state index contributed by atoms with van der Waals surface area (Å²) in [6.45, 7) is 0. The van der Waals surface area contributed by atoms with E-state index >= 15 is 0 Å². The molecule has 1 amide bonds. The van der Waals surface area contributed by atoms with Gasteiger partial charge in [0.2, 0.25) is 23.6 Å². The third-order valence-electron chi connectivity index (χ3n) is 5.09. The maximum absolute atomic E-state index is 12.2. The number of methoxy groups -OCH3 is 1. The summed E-state index contributed by atoms with van der Waals surface area (Å²) < 4.78 is 12.3. The Morgan fingerprint density at radius 2 is 2.03 bits per heavy atom. The molecule has 0 aliphatic heterocycles. The van der Waals surface area contributed by atoms with E-state index in [2.05, 4.69) is 25.5 Å². The van der Waals surface area contributed by atoms with Crippen molar-refractivity contribution in [2.45, 2.75) is 51.0 Å². The van der Waals surface area contributed by atoms with Crippen LogP contribution >= 0.6 is 0 Å². The van der Waals surface area contributed by atoms with Crippen molar-refractivity contribution in [1.82, 2.24) is 24.9 Å². The number of anilines is 1. The van der Waals surface area contributed by atoms with E-state index in [0.717, 1.165) is 24.2 Å². The SMILES string of the molecule is COc1ccc(-c2noc(CCC(=O)Nc3ncn(C4CCCCC4)n3)n2)cc1. The molecule has 2 aromatic heterocycles. The standard InChI is InChI=1S/C20H24N6O3/c1-28-16-9-7-14(8-10-16)19-23-18(29-25-19)12-11-17(27)22-20-21-13-26(24-20)15-5-3-2-4-6-15/h7-10,13,15H,2-6,11-12H2,1H3,(H,22,24,27). The van der Waals surface area contributed by atoms with Crippen molar-refractivity contribution in [1.29, 1.82) is 0 Å². The monoisotopic (exact) mass is 396 g/mol. The first-order valence-electron chi connectivity index (χ1n) is 9.89. The van der Waals surface area contributed by atoms with Gasteiger partial charge in [-0.05, 0) is 37.1 Å². The second kappa shape index (κ2) is 8.85. The maximum Gasteiger partial charge on any atom is 0.248 e. The van der Waals surface area contributed by atoms with E-state index in [1.165, 1.54) is 19.3 Å². The molecule has 9 heteroatoms. The number of aryl methyl sites for hydroxylation is 1. The van der Waals surface area contributed by atoms with Gasteiger partial charge in [0.05, 0.1) is 13.2 Å². The molecule has 2 heterocycles. The van der Waals surface area contributed by atoms with Crippen LogP contribution in [0.2, 0.25) is 0 Å². The van der Waals surface area contributed by atoms with Gasteiger partial charge in [-0.2, -0.15) is 4.98 Å². The molecule has 0 unspecified atom stereocenters. The van der Waals surface area contributed by atoms with Crippen LogP contribution in [0.5, 0.6) is 5.75 Å². The van der Waals surface area contributed by atoms with Gasteiger partial charge in [-0.1, -0.05) is 24.4 Å². The van der Waals surface area contributed by atoms with Crippen molar-refractivity contribution in [2.75, 3.05) is 12.4 Å². The highest BCUT2D eigenvalue weighted by Crippen LogP contribution is 2.27. The molecule has 3 aromatic rings. The summed E-state index contributed by atoms with van der Waals surface area (Å²) in [5, 5.41) is 11.1. The lowest BCUT2D eigenvalue weighted by Crippen LogP contribution is -2.16. The first-order chi connectivity index (χ1) is 14.2. The Labute approximate surface area is 168 Å². The summed E-state index contributed by atoms with van der Waals surface area (Å²) in [5.74, 6) is 1.80. The minimum absolute atomic E-state index is 0.185. The average Bonchev–Trinajstić information content (AvgIpc) is 3.43. The number of hydrogen-bond acceptors (Lipinski definition) is 7. The number of benzene rings is 1. The Kier molecular flexibility index (Phi) is 5.83. The van der Waals surface area contributed by atoms with Crippen molar-refractivity contribution >= 4 is 11.9 Å². The molecule has 1 fully saturated rings. The topological polar surface area (TPSA) is 108 Å². The average molecular weight is 396 g/mol. The summed E-state index contributed by atoms with van der Waals surface area (Å²) >= 11 is 0.